The van der Waals surface area contributed by atoms with Gasteiger partial charge in [-0.05, 0) is 30.5 Å². The van der Waals surface area contributed by atoms with E-state index in [2.05, 4.69) is 32.1 Å². The fourth-order valence-corrected chi connectivity index (χ4v) is 4.83. The van der Waals surface area contributed by atoms with Crippen molar-refractivity contribution in [3.05, 3.63) is 46.1 Å². The van der Waals surface area contributed by atoms with Crippen LogP contribution in [0.4, 0.5) is 0 Å². The summed E-state index contributed by atoms with van der Waals surface area (Å²) in [5.74, 6) is 0. The monoisotopic (exact) mass is 315 g/mol. The summed E-state index contributed by atoms with van der Waals surface area (Å²) >= 11 is 0. The van der Waals surface area contributed by atoms with E-state index in [1.165, 1.54) is 32.1 Å². The standard InChI is InChI=1S/C14H23P.3CH3.Ti/c1-14(2,12-8-6-7-9-12)15-13-10-4-3-5-11-13;;;;/h6,8-9,13,15H,3-5,7,10-11H2,1-2H3;3*1H3;/q;3*-1;+3. The second kappa shape index (κ2) is 11.3. The molecule has 19 heavy (non-hydrogen) atoms. The Morgan fingerprint density at radius 2 is 1.63 bits per heavy atom. The number of allylic oxidation sites excluding steroid dienone is 4. The van der Waals surface area contributed by atoms with Gasteiger partial charge < -0.3 is 22.3 Å². The molecule has 0 aliphatic heterocycles. The number of rotatable bonds is 3. The van der Waals surface area contributed by atoms with E-state index in [1.54, 1.807) is 5.57 Å². The van der Waals surface area contributed by atoms with E-state index in [-0.39, 0.29) is 44.0 Å². The quantitative estimate of drug-likeness (QED) is 0.340. The molecule has 0 amide bonds. The summed E-state index contributed by atoms with van der Waals surface area (Å²) in [7, 11) is 1.12. The Hall–Kier alpha value is 0.624. The van der Waals surface area contributed by atoms with Gasteiger partial charge in [-0.3, -0.25) is 0 Å². The summed E-state index contributed by atoms with van der Waals surface area (Å²) in [4.78, 5) is 0. The molecule has 1 saturated carbocycles. The number of hydrogen-bond donors (Lipinski definition) is 0. The molecule has 2 aliphatic rings. The van der Waals surface area contributed by atoms with Crippen molar-refractivity contribution in [2.45, 2.75) is 63.2 Å². The molecule has 2 rings (SSSR count). The summed E-state index contributed by atoms with van der Waals surface area (Å²) < 4.78 is 0. The average Bonchev–Trinajstić information content (AvgIpc) is 2.71. The zero-order chi connectivity index (χ0) is 10.7. The fraction of sp³-hybridized carbons (Fsp3) is 0.588. The van der Waals surface area contributed by atoms with Gasteiger partial charge in [-0.1, -0.05) is 51.3 Å². The van der Waals surface area contributed by atoms with Crippen LogP contribution in [0.1, 0.15) is 52.4 Å². The van der Waals surface area contributed by atoms with Crippen LogP contribution in [0.25, 0.3) is 0 Å². The first-order chi connectivity index (χ1) is 7.18. The number of hydrogen-bond acceptors (Lipinski definition) is 0. The van der Waals surface area contributed by atoms with Crippen LogP contribution in [-0.4, -0.2) is 10.8 Å². The molecule has 0 saturated heterocycles. The van der Waals surface area contributed by atoms with Gasteiger partial charge in [0.05, 0.1) is 0 Å². The van der Waals surface area contributed by atoms with E-state index in [0.29, 0.717) is 5.16 Å². The Morgan fingerprint density at radius 1 is 1.05 bits per heavy atom. The fourth-order valence-electron chi connectivity index (χ4n) is 2.76. The van der Waals surface area contributed by atoms with Crippen molar-refractivity contribution in [3.8, 4) is 0 Å². The van der Waals surface area contributed by atoms with Crippen LogP contribution in [0.2, 0.25) is 0 Å². The second-order valence-corrected chi connectivity index (χ2v) is 7.76. The molecule has 0 heterocycles. The molecule has 0 spiro atoms. The van der Waals surface area contributed by atoms with Gasteiger partial charge in [0, 0.05) is 5.16 Å². The maximum absolute atomic E-state index is 2.43. The van der Waals surface area contributed by atoms with Crippen LogP contribution in [-0.2, 0) is 21.7 Å². The van der Waals surface area contributed by atoms with Gasteiger partial charge in [-0.25, -0.2) is 0 Å². The SMILES string of the molecule is CC(C)(PC1CCCCC1)C1=CCC=C1.[CH3-].[CH3-].[CH3-].[Ti+3]. The molecule has 0 N–H and O–H groups in total. The molecular formula is C17H32PTi. The maximum Gasteiger partial charge on any atom is 3.00 e. The summed E-state index contributed by atoms with van der Waals surface area (Å²) in [5.41, 5.74) is 2.61. The molecule has 1 atom stereocenters. The molecule has 0 aromatic heterocycles. The summed E-state index contributed by atoms with van der Waals surface area (Å²) in [6.45, 7) is 4.86. The molecule has 0 bridgehead atoms. The molecule has 1 unspecified atom stereocenters. The van der Waals surface area contributed by atoms with E-state index in [1.807, 2.05) is 0 Å². The molecule has 1 radical (unpaired) electrons. The molecule has 0 nitrogen and oxygen atoms in total. The minimum Gasteiger partial charge on any atom is -0.358 e. The second-order valence-electron chi connectivity index (χ2n) is 5.40. The Balaban J connectivity index is -0.000000640. The molecule has 0 aromatic carbocycles. The third kappa shape index (κ3) is 7.26. The van der Waals surface area contributed by atoms with Gasteiger partial charge in [-0.2, -0.15) is 0 Å². The van der Waals surface area contributed by atoms with E-state index in [4.69, 9.17) is 0 Å². The van der Waals surface area contributed by atoms with E-state index in [9.17, 15) is 0 Å². The topological polar surface area (TPSA) is 0 Å². The van der Waals surface area contributed by atoms with Crippen molar-refractivity contribution in [2.24, 2.45) is 0 Å². The minimum atomic E-state index is 0. The van der Waals surface area contributed by atoms with Crippen LogP contribution in [0.5, 0.6) is 0 Å². The Kier molecular flexibility index (Phi) is 14.7. The largest absolute Gasteiger partial charge is 3.00 e. The van der Waals surface area contributed by atoms with Crippen LogP contribution in [0, 0.1) is 22.3 Å². The molecule has 0 aromatic rings. The normalized spacial score (nSPS) is 18.9. The van der Waals surface area contributed by atoms with E-state index < -0.39 is 0 Å². The van der Waals surface area contributed by atoms with Crippen LogP contribution in [0.15, 0.2) is 23.8 Å². The maximum atomic E-state index is 2.43. The van der Waals surface area contributed by atoms with Gasteiger partial charge in [-0.15, -0.1) is 8.58 Å². The van der Waals surface area contributed by atoms with E-state index in [0.717, 1.165) is 20.7 Å². The van der Waals surface area contributed by atoms with Crippen LogP contribution >= 0.6 is 8.58 Å². The Bertz CT molecular complexity index is 273. The minimum absolute atomic E-state index is 0. The van der Waals surface area contributed by atoms with Crippen LogP contribution in [0.3, 0.4) is 0 Å². The summed E-state index contributed by atoms with van der Waals surface area (Å²) in [6, 6.07) is 0. The first kappa shape index (κ1) is 24.6. The summed E-state index contributed by atoms with van der Waals surface area (Å²) in [6.07, 6.45) is 15.6. The summed E-state index contributed by atoms with van der Waals surface area (Å²) in [5, 5.41) is 0.439. The van der Waals surface area contributed by atoms with Gasteiger partial charge in [0.2, 0.25) is 0 Å². The van der Waals surface area contributed by atoms with Crippen LogP contribution < -0.4 is 0 Å². The predicted molar refractivity (Wildman–Crippen MR) is 90.3 cm³/mol. The van der Waals surface area contributed by atoms with Gasteiger partial charge >= 0.3 is 21.7 Å². The molecule has 2 heteroatoms. The van der Waals surface area contributed by atoms with E-state index >= 15 is 0 Å². The van der Waals surface area contributed by atoms with Gasteiger partial charge in [0.25, 0.3) is 0 Å². The Morgan fingerprint density at radius 3 is 2.11 bits per heavy atom. The predicted octanol–water partition coefficient (Wildman–Crippen LogP) is 6.01. The molecule has 1 fully saturated rings. The van der Waals surface area contributed by atoms with Crippen molar-refractivity contribution in [1.29, 1.82) is 0 Å². The van der Waals surface area contributed by atoms with Gasteiger partial charge in [0.15, 0.2) is 0 Å². The zero-order valence-corrected chi connectivity index (χ0v) is 16.1. The van der Waals surface area contributed by atoms with Crippen molar-refractivity contribution in [1.82, 2.24) is 0 Å². The zero-order valence-electron chi connectivity index (χ0n) is 13.6. The first-order valence-electron chi connectivity index (χ1n) is 6.33. The van der Waals surface area contributed by atoms with Crippen molar-refractivity contribution in [2.75, 3.05) is 0 Å². The average molecular weight is 315 g/mol. The molecule has 109 valence electrons. The van der Waals surface area contributed by atoms with Crippen molar-refractivity contribution < 1.29 is 21.7 Å². The third-order valence-corrected chi connectivity index (χ3v) is 5.66. The Labute approximate surface area is 139 Å². The van der Waals surface area contributed by atoms with Gasteiger partial charge in [0.1, 0.15) is 0 Å². The van der Waals surface area contributed by atoms with Crippen molar-refractivity contribution >= 4 is 8.58 Å². The first-order valence-corrected chi connectivity index (χ1v) is 7.41. The van der Waals surface area contributed by atoms with Crippen molar-refractivity contribution in [3.63, 3.8) is 0 Å². The molecule has 2 aliphatic carbocycles. The smallest absolute Gasteiger partial charge is 0.358 e. The molecular weight excluding hydrogens is 283 g/mol. The third-order valence-electron chi connectivity index (χ3n) is 3.66.